The smallest absolute Gasteiger partial charge is 0.321 e. The van der Waals surface area contributed by atoms with Crippen molar-refractivity contribution in [2.75, 3.05) is 26.9 Å². The SMILES string of the molecule is CN(C)C.Cl.Cl.NC(CS)C(=O)O. The lowest BCUT2D eigenvalue weighted by molar-refractivity contribution is -0.137. The number of carbonyl (C=O) groups is 1. The van der Waals surface area contributed by atoms with Gasteiger partial charge in [-0.2, -0.15) is 12.6 Å². The second kappa shape index (κ2) is 14.8. The van der Waals surface area contributed by atoms with E-state index in [-0.39, 0.29) is 30.6 Å². The fourth-order valence-corrected chi connectivity index (χ4v) is 0.234. The van der Waals surface area contributed by atoms with Gasteiger partial charge in [0.25, 0.3) is 0 Å². The van der Waals surface area contributed by atoms with Crippen LogP contribution in [0.4, 0.5) is 0 Å². The third-order valence-corrected chi connectivity index (χ3v) is 0.907. The van der Waals surface area contributed by atoms with E-state index in [2.05, 4.69) is 12.6 Å². The highest BCUT2D eigenvalue weighted by Crippen LogP contribution is 1.80. The van der Waals surface area contributed by atoms with Crippen LogP contribution in [0, 0.1) is 0 Å². The van der Waals surface area contributed by atoms with Crippen LogP contribution in [-0.4, -0.2) is 48.9 Å². The van der Waals surface area contributed by atoms with Crippen molar-refractivity contribution in [3.05, 3.63) is 0 Å². The maximum atomic E-state index is 9.76. The number of nitrogens with two attached hydrogens (primary N) is 1. The molecule has 0 fully saturated rings. The molecule has 0 aliphatic heterocycles. The van der Waals surface area contributed by atoms with Gasteiger partial charge in [-0.05, 0) is 21.1 Å². The number of hydrogen-bond donors (Lipinski definition) is 3. The number of carboxylic acids is 1. The predicted octanol–water partition coefficient (Wildman–Crippen LogP) is 0.350. The Morgan fingerprint density at radius 3 is 1.69 bits per heavy atom. The number of halogens is 2. The number of carboxylic acid groups (broad SMARTS) is 1. The summed E-state index contributed by atoms with van der Waals surface area (Å²) in [6, 6.07) is -0.816. The van der Waals surface area contributed by atoms with Crippen molar-refractivity contribution in [3.63, 3.8) is 0 Å². The standard InChI is InChI=1S/C3H7NO2S.C3H9N.2ClH/c4-2(1-7)3(5)6;1-4(2)3;;/h2,7H,1,4H2,(H,5,6);1-3H3;2*1H. The Balaban J connectivity index is -0.0000000600. The Morgan fingerprint density at radius 2 is 1.69 bits per heavy atom. The van der Waals surface area contributed by atoms with E-state index in [1.165, 1.54) is 0 Å². The second-order valence-corrected chi connectivity index (χ2v) is 2.83. The van der Waals surface area contributed by atoms with Gasteiger partial charge in [-0.25, -0.2) is 0 Å². The molecule has 0 saturated carbocycles. The van der Waals surface area contributed by atoms with E-state index in [9.17, 15) is 4.79 Å². The third-order valence-electron chi connectivity index (χ3n) is 0.514. The molecule has 0 aromatic rings. The first-order valence-corrected chi connectivity index (χ1v) is 3.75. The summed E-state index contributed by atoms with van der Waals surface area (Å²) < 4.78 is 0. The first-order valence-electron chi connectivity index (χ1n) is 3.12. The summed E-state index contributed by atoms with van der Waals surface area (Å²) in [4.78, 5) is 11.8. The quantitative estimate of drug-likeness (QED) is 0.621. The molecule has 4 nitrogen and oxygen atoms in total. The molecule has 3 N–H and O–H groups in total. The van der Waals surface area contributed by atoms with Crippen molar-refractivity contribution >= 4 is 43.4 Å². The minimum Gasteiger partial charge on any atom is -0.480 e. The van der Waals surface area contributed by atoms with Gasteiger partial charge in [-0.3, -0.25) is 4.79 Å². The Labute approximate surface area is 97.1 Å². The van der Waals surface area contributed by atoms with E-state index in [4.69, 9.17) is 10.8 Å². The van der Waals surface area contributed by atoms with Gasteiger partial charge in [-0.15, -0.1) is 24.8 Å². The first kappa shape index (κ1) is 23.3. The Hall–Kier alpha value is 0.320. The van der Waals surface area contributed by atoms with Gasteiger partial charge in [0.2, 0.25) is 0 Å². The molecule has 13 heavy (non-hydrogen) atoms. The average molecular weight is 253 g/mol. The van der Waals surface area contributed by atoms with E-state index in [1.807, 2.05) is 26.0 Å². The van der Waals surface area contributed by atoms with Crippen molar-refractivity contribution in [3.8, 4) is 0 Å². The summed E-state index contributed by atoms with van der Waals surface area (Å²) in [6.07, 6.45) is 0. The summed E-state index contributed by atoms with van der Waals surface area (Å²) in [7, 11) is 6.00. The van der Waals surface area contributed by atoms with Crippen molar-refractivity contribution in [1.82, 2.24) is 4.90 Å². The second-order valence-electron chi connectivity index (χ2n) is 2.47. The largest absolute Gasteiger partial charge is 0.480 e. The molecular formula is C6H18Cl2N2O2S. The molecular weight excluding hydrogens is 235 g/mol. The van der Waals surface area contributed by atoms with Crippen molar-refractivity contribution in [2.24, 2.45) is 5.73 Å². The van der Waals surface area contributed by atoms with Crippen LogP contribution < -0.4 is 5.73 Å². The molecule has 0 aromatic heterocycles. The van der Waals surface area contributed by atoms with Crippen LogP contribution in [0.5, 0.6) is 0 Å². The normalized spacial score (nSPS) is 10.0. The van der Waals surface area contributed by atoms with Gasteiger partial charge in [0.1, 0.15) is 6.04 Å². The highest BCUT2D eigenvalue weighted by molar-refractivity contribution is 7.80. The predicted molar refractivity (Wildman–Crippen MR) is 63.6 cm³/mol. The monoisotopic (exact) mass is 252 g/mol. The number of thiol groups is 1. The van der Waals surface area contributed by atoms with Crippen molar-refractivity contribution in [2.45, 2.75) is 6.04 Å². The molecule has 0 aliphatic carbocycles. The van der Waals surface area contributed by atoms with Gasteiger partial charge in [0.05, 0.1) is 0 Å². The molecule has 0 saturated heterocycles. The van der Waals surface area contributed by atoms with E-state index < -0.39 is 12.0 Å². The summed E-state index contributed by atoms with van der Waals surface area (Å²) in [6.45, 7) is 0. The molecule has 0 heterocycles. The minimum absolute atomic E-state index is 0. The Bertz CT molecular complexity index is 114. The summed E-state index contributed by atoms with van der Waals surface area (Å²) in [5, 5.41) is 8.01. The fourth-order valence-electron chi connectivity index (χ4n) is 0.0781. The van der Waals surface area contributed by atoms with Crippen molar-refractivity contribution in [1.29, 1.82) is 0 Å². The van der Waals surface area contributed by atoms with Crippen LogP contribution in [0.2, 0.25) is 0 Å². The van der Waals surface area contributed by atoms with Gasteiger partial charge >= 0.3 is 5.97 Å². The molecule has 0 rings (SSSR count). The highest BCUT2D eigenvalue weighted by Gasteiger charge is 2.06. The third kappa shape index (κ3) is 32.9. The maximum Gasteiger partial charge on any atom is 0.321 e. The molecule has 1 atom stereocenters. The van der Waals surface area contributed by atoms with Gasteiger partial charge in [-0.1, -0.05) is 0 Å². The van der Waals surface area contributed by atoms with Crippen LogP contribution in [0.1, 0.15) is 0 Å². The van der Waals surface area contributed by atoms with E-state index in [0.29, 0.717) is 0 Å². The first-order chi connectivity index (χ1) is 4.91. The molecule has 0 aromatic carbocycles. The molecule has 84 valence electrons. The maximum absolute atomic E-state index is 9.76. The Morgan fingerprint density at radius 1 is 1.46 bits per heavy atom. The topological polar surface area (TPSA) is 66.6 Å². The summed E-state index contributed by atoms with van der Waals surface area (Å²) in [5.41, 5.74) is 4.94. The lowest BCUT2D eigenvalue weighted by Crippen LogP contribution is -2.31. The molecule has 0 amide bonds. The molecule has 0 bridgehead atoms. The van der Waals surface area contributed by atoms with Crippen LogP contribution >= 0.6 is 37.4 Å². The van der Waals surface area contributed by atoms with Crippen LogP contribution in [-0.2, 0) is 4.79 Å². The van der Waals surface area contributed by atoms with Crippen LogP contribution in [0.25, 0.3) is 0 Å². The van der Waals surface area contributed by atoms with Crippen LogP contribution in [0.3, 0.4) is 0 Å². The van der Waals surface area contributed by atoms with Gasteiger partial charge < -0.3 is 15.7 Å². The number of nitrogens with zero attached hydrogens (tertiary/aromatic N) is 1. The summed E-state index contributed by atoms with van der Waals surface area (Å²) in [5.74, 6) is -0.815. The van der Waals surface area contributed by atoms with Gasteiger partial charge in [0.15, 0.2) is 0 Å². The fraction of sp³-hybridized carbons (Fsp3) is 0.833. The molecule has 7 heteroatoms. The van der Waals surface area contributed by atoms with Gasteiger partial charge in [0, 0.05) is 5.75 Å². The zero-order chi connectivity index (χ0) is 9.44. The van der Waals surface area contributed by atoms with Crippen LogP contribution in [0.15, 0.2) is 0 Å². The molecule has 0 radical (unpaired) electrons. The zero-order valence-electron chi connectivity index (χ0n) is 7.93. The molecule has 0 aliphatic rings. The van der Waals surface area contributed by atoms with E-state index >= 15 is 0 Å². The lowest BCUT2D eigenvalue weighted by Gasteiger charge is -1.96. The Kier molecular flexibility index (Phi) is 26.5. The summed E-state index contributed by atoms with van der Waals surface area (Å²) >= 11 is 3.65. The zero-order valence-corrected chi connectivity index (χ0v) is 10.5. The molecule has 0 spiro atoms. The number of aliphatic carboxylic acids is 1. The number of hydrogen-bond acceptors (Lipinski definition) is 4. The lowest BCUT2D eigenvalue weighted by atomic mass is 10.4. The highest BCUT2D eigenvalue weighted by atomic mass is 35.5. The van der Waals surface area contributed by atoms with E-state index in [0.717, 1.165) is 0 Å². The minimum atomic E-state index is -1.00. The molecule has 1 unspecified atom stereocenters. The van der Waals surface area contributed by atoms with E-state index in [1.54, 1.807) is 0 Å². The number of rotatable bonds is 2. The average Bonchev–Trinajstić information content (AvgIpc) is 1.85. The van der Waals surface area contributed by atoms with Crippen molar-refractivity contribution < 1.29 is 9.90 Å².